The van der Waals surface area contributed by atoms with E-state index in [4.69, 9.17) is 0 Å². The van der Waals surface area contributed by atoms with Crippen LogP contribution in [0.25, 0.3) is 0 Å². The van der Waals surface area contributed by atoms with E-state index in [1.54, 1.807) is 0 Å². The third kappa shape index (κ3) is 18.0. The van der Waals surface area contributed by atoms with Crippen LogP contribution in [0, 0.1) is 5.41 Å². The molecule has 0 saturated carbocycles. The highest BCUT2D eigenvalue weighted by molar-refractivity contribution is 4.58. The summed E-state index contributed by atoms with van der Waals surface area (Å²) in [6.07, 6.45) is 2.65. The highest BCUT2D eigenvalue weighted by atomic mass is 14.1. The molecular weight excluding hydrogens is 108 g/mol. The lowest BCUT2D eigenvalue weighted by Gasteiger charge is -2.15. The fraction of sp³-hybridized carbons (Fsp3) is 1.00. The van der Waals surface area contributed by atoms with Gasteiger partial charge in [0.25, 0.3) is 0 Å². The first kappa shape index (κ1) is 16.0. The molecule has 0 bridgehead atoms. The molecule has 0 aliphatic rings. The monoisotopic (exact) mass is 132 g/mol. The molecule has 0 aliphatic carbocycles. The Labute approximate surface area is 61.7 Å². The van der Waals surface area contributed by atoms with Crippen molar-refractivity contribution in [3.05, 3.63) is 0 Å². The number of rotatable bonds is 1. The van der Waals surface area contributed by atoms with E-state index in [1.807, 2.05) is 0 Å². The smallest absolute Gasteiger partial charge is 0.0383 e. The second-order valence-electron chi connectivity index (χ2n) is 3.31. The quantitative estimate of drug-likeness (QED) is 0.504. The molecule has 0 aliphatic heterocycles. The normalized spacial score (nSPS) is 9.33. The summed E-state index contributed by atoms with van der Waals surface area (Å²) in [4.78, 5) is 0. The Balaban J connectivity index is -0.000000180. The topological polar surface area (TPSA) is 0 Å². The van der Waals surface area contributed by atoms with E-state index in [0.29, 0.717) is 5.41 Å². The summed E-state index contributed by atoms with van der Waals surface area (Å²) in [5, 5.41) is 0. The molecule has 0 aromatic rings. The van der Waals surface area contributed by atoms with Gasteiger partial charge in [-0.2, -0.15) is 0 Å². The van der Waals surface area contributed by atoms with Crippen molar-refractivity contribution in [1.82, 2.24) is 0 Å². The van der Waals surface area contributed by atoms with Crippen LogP contribution in [-0.4, -0.2) is 0 Å². The average Bonchev–Trinajstić information content (AvgIpc) is 1.30. The summed E-state index contributed by atoms with van der Waals surface area (Å²) in [6, 6.07) is 0. The van der Waals surface area contributed by atoms with Crippen LogP contribution >= 0.6 is 0 Å². The molecule has 0 spiro atoms. The van der Waals surface area contributed by atoms with Crippen LogP contribution in [0.4, 0.5) is 0 Å². The summed E-state index contributed by atoms with van der Waals surface area (Å²) in [7, 11) is 0. The fourth-order valence-electron chi connectivity index (χ4n) is 0.750. The summed E-state index contributed by atoms with van der Waals surface area (Å²) < 4.78 is 0. The standard InChI is InChI=1S/C7H16.2CH4/c1-5-6-7(2,3)4;;/h5-6H2,1-4H3;2*1H4. The first-order valence-electron chi connectivity index (χ1n) is 3.06. The third-order valence-electron chi connectivity index (χ3n) is 1.000. The van der Waals surface area contributed by atoms with Gasteiger partial charge in [0.15, 0.2) is 0 Å². The van der Waals surface area contributed by atoms with Gasteiger partial charge < -0.3 is 0 Å². The van der Waals surface area contributed by atoms with E-state index in [0.717, 1.165) is 0 Å². The lowest BCUT2D eigenvalue weighted by Crippen LogP contribution is -2.02. The molecule has 60 valence electrons. The van der Waals surface area contributed by atoms with Crippen LogP contribution in [0.15, 0.2) is 0 Å². The molecule has 0 saturated heterocycles. The Kier molecular flexibility index (Phi) is 10.9. The Morgan fingerprint density at radius 3 is 1.33 bits per heavy atom. The van der Waals surface area contributed by atoms with Crippen LogP contribution in [0.1, 0.15) is 55.4 Å². The Morgan fingerprint density at radius 2 is 1.33 bits per heavy atom. The van der Waals surface area contributed by atoms with Crippen molar-refractivity contribution >= 4 is 0 Å². The van der Waals surface area contributed by atoms with Crippen molar-refractivity contribution in [3.8, 4) is 0 Å². The van der Waals surface area contributed by atoms with E-state index in [-0.39, 0.29) is 14.9 Å². The van der Waals surface area contributed by atoms with Crippen molar-refractivity contribution in [3.63, 3.8) is 0 Å². The predicted molar refractivity (Wildman–Crippen MR) is 47.8 cm³/mol. The molecule has 0 aromatic heterocycles. The molecule has 0 N–H and O–H groups in total. The third-order valence-corrected chi connectivity index (χ3v) is 1.000. The van der Waals surface area contributed by atoms with Crippen LogP contribution in [0.2, 0.25) is 0 Å². The maximum atomic E-state index is 2.27. The maximum Gasteiger partial charge on any atom is -0.0383 e. The fourth-order valence-corrected chi connectivity index (χ4v) is 0.750. The van der Waals surface area contributed by atoms with Gasteiger partial charge in [0.2, 0.25) is 0 Å². The average molecular weight is 132 g/mol. The minimum absolute atomic E-state index is 0. The lowest BCUT2D eigenvalue weighted by atomic mass is 9.91. The zero-order valence-corrected chi connectivity index (χ0v) is 5.91. The number of hydrogen-bond acceptors (Lipinski definition) is 0. The van der Waals surface area contributed by atoms with Crippen molar-refractivity contribution < 1.29 is 0 Å². The second-order valence-corrected chi connectivity index (χ2v) is 3.31. The molecule has 0 unspecified atom stereocenters. The Bertz CT molecular complexity index is 38.5. The van der Waals surface area contributed by atoms with Crippen LogP contribution in [-0.2, 0) is 0 Å². The van der Waals surface area contributed by atoms with Crippen molar-refractivity contribution in [2.24, 2.45) is 5.41 Å². The molecule has 0 heteroatoms. The van der Waals surface area contributed by atoms with Crippen molar-refractivity contribution in [2.75, 3.05) is 0 Å². The number of hydrogen-bond donors (Lipinski definition) is 0. The zero-order chi connectivity index (χ0) is 5.91. The van der Waals surface area contributed by atoms with Gasteiger partial charge in [-0.15, -0.1) is 0 Å². The molecule has 0 aromatic carbocycles. The van der Waals surface area contributed by atoms with Gasteiger partial charge in [-0.05, 0) is 11.8 Å². The molecule has 0 atom stereocenters. The van der Waals surface area contributed by atoms with Crippen LogP contribution < -0.4 is 0 Å². The molecule has 0 rings (SSSR count). The van der Waals surface area contributed by atoms with Crippen molar-refractivity contribution in [1.29, 1.82) is 0 Å². The van der Waals surface area contributed by atoms with Crippen LogP contribution in [0.5, 0.6) is 0 Å². The largest absolute Gasteiger partial charge is 0.0776 e. The summed E-state index contributed by atoms with van der Waals surface area (Å²) in [5.41, 5.74) is 0.550. The molecule has 0 amide bonds. The molecule has 9 heavy (non-hydrogen) atoms. The molecule has 0 fully saturated rings. The van der Waals surface area contributed by atoms with Gasteiger partial charge in [-0.25, -0.2) is 0 Å². The van der Waals surface area contributed by atoms with Gasteiger partial charge in [0, 0.05) is 0 Å². The highest BCUT2D eigenvalue weighted by Gasteiger charge is 2.06. The predicted octanol–water partition coefficient (Wildman–Crippen LogP) is 4.10. The summed E-state index contributed by atoms with van der Waals surface area (Å²) in [5.74, 6) is 0. The van der Waals surface area contributed by atoms with E-state index in [2.05, 4.69) is 27.7 Å². The molecular formula is C9H24. The van der Waals surface area contributed by atoms with Gasteiger partial charge >= 0.3 is 0 Å². The van der Waals surface area contributed by atoms with E-state index in [1.165, 1.54) is 12.8 Å². The summed E-state index contributed by atoms with van der Waals surface area (Å²) >= 11 is 0. The first-order valence-corrected chi connectivity index (χ1v) is 3.06. The van der Waals surface area contributed by atoms with Gasteiger partial charge in [0.05, 0.1) is 0 Å². The molecule has 0 heterocycles. The minimum atomic E-state index is 0. The highest BCUT2D eigenvalue weighted by Crippen LogP contribution is 2.19. The first-order chi connectivity index (χ1) is 3.06. The van der Waals surface area contributed by atoms with E-state index in [9.17, 15) is 0 Å². The van der Waals surface area contributed by atoms with Gasteiger partial charge in [0.1, 0.15) is 0 Å². The lowest BCUT2D eigenvalue weighted by molar-refractivity contribution is 0.373. The van der Waals surface area contributed by atoms with Crippen LogP contribution in [0.3, 0.4) is 0 Å². The molecule has 0 nitrogen and oxygen atoms in total. The summed E-state index contributed by atoms with van der Waals surface area (Å²) in [6.45, 7) is 9.05. The zero-order valence-electron chi connectivity index (χ0n) is 5.91. The van der Waals surface area contributed by atoms with E-state index >= 15 is 0 Å². The van der Waals surface area contributed by atoms with Gasteiger partial charge in [-0.3, -0.25) is 0 Å². The maximum absolute atomic E-state index is 2.27. The second kappa shape index (κ2) is 6.12. The molecule has 0 radical (unpaired) electrons. The van der Waals surface area contributed by atoms with Crippen molar-refractivity contribution in [2.45, 2.75) is 55.4 Å². The Morgan fingerprint density at radius 1 is 1.00 bits per heavy atom. The minimum Gasteiger partial charge on any atom is -0.0776 e. The van der Waals surface area contributed by atoms with E-state index < -0.39 is 0 Å². The SMILES string of the molecule is C.C.CCCC(C)(C)C. The van der Waals surface area contributed by atoms with Gasteiger partial charge in [-0.1, -0.05) is 49.0 Å². The Hall–Kier alpha value is 0.